The van der Waals surface area contributed by atoms with Gasteiger partial charge in [-0.05, 0) is 77.2 Å². The highest BCUT2D eigenvalue weighted by Crippen LogP contribution is 2.35. The summed E-state index contributed by atoms with van der Waals surface area (Å²) in [6.45, 7) is 10.6. The summed E-state index contributed by atoms with van der Waals surface area (Å²) in [4.78, 5) is 27.6. The molecule has 0 aromatic carbocycles. The molecule has 26 heavy (non-hydrogen) atoms. The van der Waals surface area contributed by atoms with Crippen molar-refractivity contribution >= 4 is 12.1 Å². The Morgan fingerprint density at radius 1 is 1.08 bits per heavy atom. The second-order valence-corrected chi connectivity index (χ2v) is 9.52. The van der Waals surface area contributed by atoms with Crippen molar-refractivity contribution in [2.24, 2.45) is 23.7 Å². The molecule has 3 atom stereocenters. The van der Waals surface area contributed by atoms with E-state index in [0.717, 1.165) is 52.0 Å². The van der Waals surface area contributed by atoms with Crippen LogP contribution in [0.4, 0.5) is 4.79 Å². The van der Waals surface area contributed by atoms with Gasteiger partial charge in [-0.2, -0.15) is 0 Å². The summed E-state index contributed by atoms with van der Waals surface area (Å²) in [5.74, 6) is 1.02. The molecular weight excluding hydrogens is 332 g/mol. The summed E-state index contributed by atoms with van der Waals surface area (Å²) in [5.41, 5.74) is -0.432. The minimum Gasteiger partial charge on any atom is -0.481 e. The smallest absolute Gasteiger partial charge is 0.410 e. The lowest BCUT2D eigenvalue weighted by Crippen LogP contribution is -2.56. The number of rotatable bonds is 4. The number of carboxylic acid groups (broad SMARTS) is 1. The van der Waals surface area contributed by atoms with Crippen molar-refractivity contribution in [3.8, 4) is 0 Å². The fraction of sp³-hybridized carbons (Fsp3) is 0.900. The second kappa shape index (κ2) is 7.75. The van der Waals surface area contributed by atoms with Crippen LogP contribution in [0, 0.1) is 23.7 Å². The zero-order valence-corrected chi connectivity index (χ0v) is 16.4. The number of amides is 1. The molecule has 0 aromatic heterocycles. The molecule has 2 saturated heterocycles. The molecule has 6 nitrogen and oxygen atoms in total. The number of piperidine rings is 1. The largest absolute Gasteiger partial charge is 0.481 e. The third-order valence-electron chi connectivity index (χ3n) is 6.18. The quantitative estimate of drug-likeness (QED) is 0.828. The first-order valence-corrected chi connectivity index (χ1v) is 10.1. The van der Waals surface area contributed by atoms with Crippen LogP contribution in [-0.2, 0) is 9.53 Å². The predicted molar refractivity (Wildman–Crippen MR) is 98.9 cm³/mol. The number of carboxylic acids is 1. The minimum absolute atomic E-state index is 0.130. The van der Waals surface area contributed by atoms with E-state index < -0.39 is 11.6 Å². The third-order valence-corrected chi connectivity index (χ3v) is 6.18. The van der Waals surface area contributed by atoms with Gasteiger partial charge in [-0.25, -0.2) is 4.79 Å². The number of nitrogens with zero attached hydrogens (tertiary/aromatic N) is 2. The van der Waals surface area contributed by atoms with Crippen molar-refractivity contribution in [1.29, 1.82) is 0 Å². The van der Waals surface area contributed by atoms with E-state index in [9.17, 15) is 14.7 Å². The number of carbonyl (C=O) groups is 2. The van der Waals surface area contributed by atoms with Gasteiger partial charge in [0.1, 0.15) is 5.60 Å². The van der Waals surface area contributed by atoms with E-state index in [0.29, 0.717) is 17.8 Å². The highest BCUT2D eigenvalue weighted by Gasteiger charge is 2.40. The zero-order valence-electron chi connectivity index (χ0n) is 16.4. The van der Waals surface area contributed by atoms with Crippen LogP contribution in [0.3, 0.4) is 0 Å². The summed E-state index contributed by atoms with van der Waals surface area (Å²) in [6.07, 6.45) is 4.99. The maximum absolute atomic E-state index is 12.1. The average molecular weight is 367 g/mol. The van der Waals surface area contributed by atoms with E-state index in [1.807, 2.05) is 25.7 Å². The molecule has 0 spiro atoms. The summed E-state index contributed by atoms with van der Waals surface area (Å²) >= 11 is 0. The van der Waals surface area contributed by atoms with Gasteiger partial charge >= 0.3 is 12.1 Å². The molecule has 1 N–H and O–H groups in total. The molecule has 0 aromatic rings. The fourth-order valence-corrected chi connectivity index (χ4v) is 4.76. The van der Waals surface area contributed by atoms with E-state index in [1.165, 1.54) is 12.8 Å². The van der Waals surface area contributed by atoms with Crippen molar-refractivity contribution < 1.29 is 19.4 Å². The highest BCUT2D eigenvalue weighted by atomic mass is 16.6. The van der Waals surface area contributed by atoms with Crippen molar-refractivity contribution in [2.75, 3.05) is 32.7 Å². The molecule has 3 aliphatic rings. The molecule has 3 fully saturated rings. The summed E-state index contributed by atoms with van der Waals surface area (Å²) in [7, 11) is 0. The maximum atomic E-state index is 12.1. The van der Waals surface area contributed by atoms with Crippen molar-refractivity contribution in [3.05, 3.63) is 0 Å². The van der Waals surface area contributed by atoms with Gasteiger partial charge in [0.25, 0.3) is 0 Å². The van der Waals surface area contributed by atoms with Crippen LogP contribution >= 0.6 is 0 Å². The molecule has 1 aliphatic carbocycles. The first-order valence-electron chi connectivity index (χ1n) is 10.1. The molecule has 3 rings (SSSR count). The van der Waals surface area contributed by atoms with E-state index in [2.05, 4.69) is 4.90 Å². The number of carbonyl (C=O) groups excluding carboxylic acids is 1. The van der Waals surface area contributed by atoms with Gasteiger partial charge in [-0.3, -0.25) is 4.79 Å². The van der Waals surface area contributed by atoms with Gasteiger partial charge in [-0.15, -0.1) is 0 Å². The molecule has 1 saturated carbocycles. The van der Waals surface area contributed by atoms with E-state index >= 15 is 0 Å². The third kappa shape index (κ3) is 4.90. The summed E-state index contributed by atoms with van der Waals surface area (Å²) < 4.78 is 5.45. The zero-order chi connectivity index (χ0) is 18.9. The monoisotopic (exact) mass is 366 g/mol. The Hall–Kier alpha value is -1.30. The van der Waals surface area contributed by atoms with Gasteiger partial charge in [0.2, 0.25) is 0 Å². The van der Waals surface area contributed by atoms with Crippen molar-refractivity contribution in [1.82, 2.24) is 9.80 Å². The second-order valence-electron chi connectivity index (χ2n) is 9.52. The molecule has 2 aliphatic heterocycles. The standard InChI is InChI=1S/C20H34N2O4/c1-20(2,3)26-19(25)22-12-17(13-22)16-5-4-8-21(11-16)10-14-6-7-15(9-14)18(23)24/h14-17H,4-13H2,1-3H3,(H,23,24)/t14?,15?,16-/m0/s1. The Kier molecular flexibility index (Phi) is 5.80. The van der Waals surface area contributed by atoms with E-state index in [-0.39, 0.29) is 12.0 Å². The topological polar surface area (TPSA) is 70.1 Å². The van der Waals surface area contributed by atoms with Gasteiger partial charge in [0, 0.05) is 26.2 Å². The normalized spacial score (nSPS) is 30.9. The number of likely N-dealkylation sites (tertiary alicyclic amines) is 2. The summed E-state index contributed by atoms with van der Waals surface area (Å²) in [5, 5.41) is 9.18. The van der Waals surface area contributed by atoms with Crippen LogP contribution in [0.25, 0.3) is 0 Å². The number of hydrogen-bond acceptors (Lipinski definition) is 4. The maximum Gasteiger partial charge on any atom is 0.410 e. The van der Waals surface area contributed by atoms with Gasteiger partial charge in [0.15, 0.2) is 0 Å². The molecular formula is C20H34N2O4. The first kappa shape index (κ1) is 19.5. The Morgan fingerprint density at radius 2 is 1.81 bits per heavy atom. The van der Waals surface area contributed by atoms with Gasteiger partial charge in [0.05, 0.1) is 5.92 Å². The average Bonchev–Trinajstić information content (AvgIpc) is 2.93. The first-order chi connectivity index (χ1) is 12.2. The SMILES string of the molecule is CC(C)(C)OC(=O)N1CC([C@H]2CCCN(CC3CCC(C(=O)O)C3)C2)C1. The van der Waals surface area contributed by atoms with Crippen LogP contribution in [-0.4, -0.2) is 65.3 Å². The highest BCUT2D eigenvalue weighted by molar-refractivity contribution is 5.70. The van der Waals surface area contributed by atoms with Crippen LogP contribution in [0.5, 0.6) is 0 Å². The molecule has 2 unspecified atom stereocenters. The predicted octanol–water partition coefficient (Wildman–Crippen LogP) is 3.07. The molecule has 148 valence electrons. The van der Waals surface area contributed by atoms with Gasteiger partial charge < -0.3 is 19.6 Å². The summed E-state index contributed by atoms with van der Waals surface area (Å²) in [6, 6.07) is 0. The Morgan fingerprint density at radius 3 is 2.42 bits per heavy atom. The molecule has 0 bridgehead atoms. The van der Waals surface area contributed by atoms with Crippen molar-refractivity contribution in [3.63, 3.8) is 0 Å². The van der Waals surface area contributed by atoms with Crippen LogP contribution in [0.1, 0.15) is 52.9 Å². The lowest BCUT2D eigenvalue weighted by molar-refractivity contribution is -0.141. The number of aliphatic carboxylic acids is 1. The molecule has 1 amide bonds. The lowest BCUT2D eigenvalue weighted by atomic mass is 9.80. The van der Waals surface area contributed by atoms with E-state index in [1.54, 1.807) is 0 Å². The Bertz CT molecular complexity index is 524. The number of ether oxygens (including phenoxy) is 1. The van der Waals surface area contributed by atoms with E-state index in [4.69, 9.17) is 4.74 Å². The minimum atomic E-state index is -0.624. The molecule has 2 heterocycles. The molecule has 0 radical (unpaired) electrons. The lowest BCUT2D eigenvalue weighted by Gasteiger charge is -2.46. The Balaban J connectivity index is 1.41. The van der Waals surface area contributed by atoms with Crippen LogP contribution in [0.2, 0.25) is 0 Å². The van der Waals surface area contributed by atoms with Gasteiger partial charge in [-0.1, -0.05) is 0 Å². The number of hydrogen-bond donors (Lipinski definition) is 1. The van der Waals surface area contributed by atoms with Crippen LogP contribution < -0.4 is 0 Å². The van der Waals surface area contributed by atoms with Crippen molar-refractivity contribution in [2.45, 2.75) is 58.5 Å². The Labute approximate surface area is 156 Å². The molecule has 6 heteroatoms. The van der Waals surface area contributed by atoms with Crippen LogP contribution in [0.15, 0.2) is 0 Å². The fourth-order valence-electron chi connectivity index (χ4n) is 4.76.